The zero-order valence-electron chi connectivity index (χ0n) is 13.6. The van der Waals surface area contributed by atoms with Gasteiger partial charge in [-0.15, -0.1) is 0 Å². The van der Waals surface area contributed by atoms with Crippen molar-refractivity contribution in [1.29, 1.82) is 0 Å². The molecule has 0 aliphatic carbocycles. The lowest BCUT2D eigenvalue weighted by atomic mass is 10.1. The number of amides is 1. The van der Waals surface area contributed by atoms with Crippen LogP contribution in [0.4, 0.5) is 5.69 Å². The van der Waals surface area contributed by atoms with Gasteiger partial charge in [-0.25, -0.2) is 0 Å². The van der Waals surface area contributed by atoms with E-state index in [0.717, 1.165) is 17.5 Å². The molecule has 0 aliphatic heterocycles. The normalized spacial score (nSPS) is 10.6. The summed E-state index contributed by atoms with van der Waals surface area (Å²) in [7, 11) is 1.39. The average molecular weight is 347 g/mol. The van der Waals surface area contributed by atoms with E-state index in [9.17, 15) is 4.79 Å². The highest BCUT2D eigenvalue weighted by atomic mass is 35.5. The maximum atomic E-state index is 12.2. The van der Waals surface area contributed by atoms with Gasteiger partial charge in [-0.3, -0.25) is 4.79 Å². The summed E-state index contributed by atoms with van der Waals surface area (Å²) < 4.78 is 5.79. The molecule has 0 N–H and O–H groups in total. The second-order valence-electron chi connectivity index (χ2n) is 4.85. The molecule has 0 unspecified atom stereocenters. The number of para-hydroxylation sites is 2. The molecule has 0 heterocycles. The Balaban J connectivity index is 2.21. The molecular weight excluding hydrogens is 328 g/mol. The number of benzene rings is 2. The minimum atomic E-state index is -0.260. The van der Waals surface area contributed by atoms with Crippen molar-refractivity contribution in [1.82, 2.24) is 0 Å². The van der Waals surface area contributed by atoms with Crippen molar-refractivity contribution in [2.45, 2.75) is 13.5 Å². The fourth-order valence-corrected chi connectivity index (χ4v) is 2.42. The third-order valence-corrected chi connectivity index (χ3v) is 3.67. The van der Waals surface area contributed by atoms with Crippen molar-refractivity contribution in [2.75, 3.05) is 18.6 Å². The van der Waals surface area contributed by atoms with Crippen molar-refractivity contribution < 1.29 is 14.4 Å². The molecule has 0 aromatic heterocycles. The first-order valence-corrected chi connectivity index (χ1v) is 7.88. The largest absolute Gasteiger partial charge is 0.487 e. The summed E-state index contributed by atoms with van der Waals surface area (Å²) >= 11 is 6.11. The Kier molecular flexibility index (Phi) is 6.63. The number of hydrogen-bond donors (Lipinski definition) is 0. The predicted molar refractivity (Wildman–Crippen MR) is 95.8 cm³/mol. The van der Waals surface area contributed by atoms with E-state index >= 15 is 0 Å². The molecule has 0 spiro atoms. The van der Waals surface area contributed by atoms with Crippen molar-refractivity contribution in [2.24, 2.45) is 5.16 Å². The monoisotopic (exact) mass is 346 g/mol. The molecule has 2 aromatic rings. The number of nitrogens with zero attached hydrogens (tertiary/aromatic N) is 2. The highest BCUT2D eigenvalue weighted by Crippen LogP contribution is 2.26. The van der Waals surface area contributed by atoms with Crippen LogP contribution in [-0.4, -0.2) is 25.8 Å². The molecule has 0 atom stereocenters. The van der Waals surface area contributed by atoms with Gasteiger partial charge in [0.2, 0.25) is 0 Å². The molecule has 0 radical (unpaired) electrons. The molecule has 6 heteroatoms. The lowest BCUT2D eigenvalue weighted by Gasteiger charge is -2.22. The van der Waals surface area contributed by atoms with Crippen LogP contribution in [-0.2, 0) is 16.2 Å². The van der Waals surface area contributed by atoms with Gasteiger partial charge in [-0.05, 0) is 25.1 Å². The third kappa shape index (κ3) is 4.49. The molecule has 2 aromatic carbocycles. The summed E-state index contributed by atoms with van der Waals surface area (Å²) in [6, 6.07) is 14.8. The van der Waals surface area contributed by atoms with E-state index in [2.05, 4.69) is 9.99 Å². The molecule has 0 bridgehead atoms. The summed E-state index contributed by atoms with van der Waals surface area (Å²) in [5, 5.41) is 4.08. The molecule has 2 rings (SSSR count). The zero-order valence-corrected chi connectivity index (χ0v) is 14.4. The van der Waals surface area contributed by atoms with Gasteiger partial charge in [-0.2, -0.15) is 0 Å². The number of rotatable bonds is 7. The highest BCUT2D eigenvalue weighted by Gasteiger charge is 2.16. The highest BCUT2D eigenvalue weighted by molar-refractivity contribution is 6.32. The molecule has 0 aliphatic rings. The second kappa shape index (κ2) is 8.93. The van der Waals surface area contributed by atoms with Gasteiger partial charge in [0.1, 0.15) is 25.7 Å². The number of carbonyl (C=O) groups excluding carboxylic acids is 1. The van der Waals surface area contributed by atoms with Crippen molar-refractivity contribution in [3.63, 3.8) is 0 Å². The number of hydrogen-bond acceptors (Lipinski definition) is 4. The third-order valence-electron chi connectivity index (χ3n) is 3.35. The van der Waals surface area contributed by atoms with Gasteiger partial charge in [0.05, 0.1) is 10.7 Å². The van der Waals surface area contributed by atoms with E-state index in [0.29, 0.717) is 23.9 Å². The quantitative estimate of drug-likeness (QED) is 0.564. The first-order chi connectivity index (χ1) is 11.7. The Labute approximate surface area is 146 Å². The maximum absolute atomic E-state index is 12.2. The smallest absolute Gasteiger partial charge is 0.272 e. The van der Waals surface area contributed by atoms with E-state index in [1.807, 2.05) is 43.3 Å². The second-order valence-corrected chi connectivity index (χ2v) is 5.25. The Hall–Kier alpha value is -2.53. The van der Waals surface area contributed by atoms with Crippen LogP contribution in [0, 0.1) is 0 Å². The summed E-state index contributed by atoms with van der Waals surface area (Å²) in [6.07, 6.45) is 1.15. The van der Waals surface area contributed by atoms with Gasteiger partial charge in [0.15, 0.2) is 0 Å². The number of anilines is 1. The summed E-state index contributed by atoms with van der Waals surface area (Å²) in [6.45, 7) is 2.69. The number of carbonyl (C=O) groups is 1. The van der Waals surface area contributed by atoms with E-state index < -0.39 is 0 Å². The molecular formula is C18H19ClN2O3. The van der Waals surface area contributed by atoms with Crippen LogP contribution >= 0.6 is 11.6 Å². The zero-order chi connectivity index (χ0) is 17.4. The standard InChI is InChI=1S/C18H19ClN2O3/c1-3-21(18(22)12-20-23-2)16-10-6-4-8-14(16)13-24-17-11-7-5-9-15(17)19/h4-12H,3,13H2,1-2H3. The number of halogens is 1. The maximum Gasteiger partial charge on any atom is 0.272 e. The van der Waals surface area contributed by atoms with Crippen LogP contribution in [0.3, 0.4) is 0 Å². The first-order valence-electron chi connectivity index (χ1n) is 7.50. The molecule has 0 saturated carbocycles. The SMILES string of the molecule is CCN(C(=O)C=NOC)c1ccccc1COc1ccccc1Cl. The summed E-state index contributed by atoms with van der Waals surface area (Å²) in [5.41, 5.74) is 1.64. The van der Waals surface area contributed by atoms with Crippen LogP contribution in [0.15, 0.2) is 53.7 Å². The molecule has 126 valence electrons. The number of ether oxygens (including phenoxy) is 1. The Bertz CT molecular complexity index is 719. The van der Waals surface area contributed by atoms with Crippen LogP contribution in [0.25, 0.3) is 0 Å². The minimum Gasteiger partial charge on any atom is -0.487 e. The first kappa shape index (κ1) is 17.8. The van der Waals surface area contributed by atoms with Crippen LogP contribution in [0.5, 0.6) is 5.75 Å². The minimum absolute atomic E-state index is 0.260. The average Bonchev–Trinajstić information content (AvgIpc) is 2.61. The van der Waals surface area contributed by atoms with Crippen LogP contribution in [0.2, 0.25) is 5.02 Å². The lowest BCUT2D eigenvalue weighted by Crippen LogP contribution is -2.32. The van der Waals surface area contributed by atoms with Crippen LogP contribution in [0.1, 0.15) is 12.5 Å². The van der Waals surface area contributed by atoms with Crippen molar-refractivity contribution >= 4 is 29.4 Å². The topological polar surface area (TPSA) is 51.1 Å². The van der Waals surface area contributed by atoms with E-state index in [1.165, 1.54) is 7.11 Å². The molecule has 24 heavy (non-hydrogen) atoms. The van der Waals surface area contributed by atoms with E-state index in [1.54, 1.807) is 17.0 Å². The molecule has 0 fully saturated rings. The fourth-order valence-electron chi connectivity index (χ4n) is 2.23. The molecule has 0 saturated heterocycles. The van der Waals surface area contributed by atoms with Gasteiger partial charge in [-0.1, -0.05) is 47.1 Å². The van der Waals surface area contributed by atoms with Gasteiger partial charge in [0.25, 0.3) is 5.91 Å². The predicted octanol–water partition coefficient (Wildman–Crippen LogP) is 3.90. The van der Waals surface area contributed by atoms with E-state index in [-0.39, 0.29) is 5.91 Å². The van der Waals surface area contributed by atoms with Crippen molar-refractivity contribution in [3.05, 3.63) is 59.1 Å². The Morgan fingerprint density at radius 1 is 1.21 bits per heavy atom. The summed E-state index contributed by atoms with van der Waals surface area (Å²) in [5.74, 6) is 0.342. The summed E-state index contributed by atoms with van der Waals surface area (Å²) in [4.78, 5) is 18.4. The lowest BCUT2D eigenvalue weighted by molar-refractivity contribution is -0.112. The fraction of sp³-hybridized carbons (Fsp3) is 0.222. The van der Waals surface area contributed by atoms with Gasteiger partial charge >= 0.3 is 0 Å². The van der Waals surface area contributed by atoms with E-state index in [4.69, 9.17) is 16.3 Å². The Morgan fingerprint density at radius 2 is 1.92 bits per heavy atom. The molecule has 1 amide bonds. The molecule has 5 nitrogen and oxygen atoms in total. The van der Waals surface area contributed by atoms with Gasteiger partial charge in [0, 0.05) is 12.1 Å². The van der Waals surface area contributed by atoms with Crippen molar-refractivity contribution in [3.8, 4) is 5.75 Å². The number of oxime groups is 1. The van der Waals surface area contributed by atoms with Gasteiger partial charge < -0.3 is 14.5 Å². The Morgan fingerprint density at radius 3 is 2.62 bits per heavy atom. The van der Waals surface area contributed by atoms with Crippen LogP contribution < -0.4 is 9.64 Å².